The van der Waals surface area contributed by atoms with Crippen LogP contribution < -0.4 is 0 Å². The van der Waals surface area contributed by atoms with Crippen molar-refractivity contribution in [3.63, 3.8) is 0 Å². The van der Waals surface area contributed by atoms with E-state index in [1.54, 1.807) is 18.2 Å². The minimum Gasteiger partial charge on any atom is -0.450 e. The minimum atomic E-state index is -0.250. The zero-order valence-corrected chi connectivity index (χ0v) is 9.45. The Morgan fingerprint density at radius 2 is 2.36 bits per heavy atom. The summed E-state index contributed by atoms with van der Waals surface area (Å²) in [6.45, 7) is 0. The predicted molar refractivity (Wildman–Crippen MR) is 55.2 cm³/mol. The number of hydrogen-bond acceptors (Lipinski definition) is 3. The van der Waals surface area contributed by atoms with E-state index in [0.29, 0.717) is 10.4 Å². The Labute approximate surface area is 90.2 Å². The number of halogens is 1. The van der Waals surface area contributed by atoms with Crippen molar-refractivity contribution < 1.29 is 14.0 Å². The second-order valence-corrected chi connectivity index (χ2v) is 3.28. The summed E-state index contributed by atoms with van der Waals surface area (Å²) < 4.78 is 5.79. The van der Waals surface area contributed by atoms with Crippen LogP contribution in [0, 0.1) is 0 Å². The Hall–Kier alpha value is -1.07. The molecule has 0 aliphatic carbocycles. The first-order chi connectivity index (χ1) is 6.63. The number of hydrogen-bond donors (Lipinski definition) is 0. The van der Waals surface area contributed by atoms with E-state index < -0.39 is 0 Å². The Bertz CT molecular complexity index is 346. The van der Waals surface area contributed by atoms with Crippen molar-refractivity contribution in [1.82, 2.24) is 5.06 Å². The van der Waals surface area contributed by atoms with Gasteiger partial charge in [-0.1, -0.05) is 0 Å². The van der Waals surface area contributed by atoms with Crippen molar-refractivity contribution in [2.45, 2.75) is 0 Å². The van der Waals surface area contributed by atoms with E-state index in [1.807, 2.05) is 0 Å². The lowest BCUT2D eigenvalue weighted by Crippen LogP contribution is -2.22. The molecule has 0 radical (unpaired) electrons. The molecule has 0 aliphatic heterocycles. The molecular weight excluding hydrogens is 250 g/mol. The molecule has 0 spiro atoms. The molecule has 1 rings (SSSR count). The van der Waals surface area contributed by atoms with Crippen LogP contribution in [0.15, 0.2) is 27.3 Å². The van der Waals surface area contributed by atoms with Gasteiger partial charge in [0, 0.05) is 13.1 Å². The first-order valence-electron chi connectivity index (χ1n) is 3.88. The van der Waals surface area contributed by atoms with Crippen LogP contribution in [0.25, 0.3) is 6.08 Å². The largest absolute Gasteiger partial charge is 0.450 e. The second kappa shape index (κ2) is 4.97. The van der Waals surface area contributed by atoms with E-state index >= 15 is 0 Å². The van der Waals surface area contributed by atoms with Gasteiger partial charge in [0.1, 0.15) is 5.76 Å². The van der Waals surface area contributed by atoms with Gasteiger partial charge in [0.25, 0.3) is 5.91 Å². The highest BCUT2D eigenvalue weighted by Crippen LogP contribution is 2.14. The summed E-state index contributed by atoms with van der Waals surface area (Å²) in [5, 5.41) is 1.12. The zero-order valence-electron chi connectivity index (χ0n) is 7.86. The average molecular weight is 260 g/mol. The molecule has 1 heterocycles. The fourth-order valence-corrected chi connectivity index (χ4v) is 1.09. The van der Waals surface area contributed by atoms with Gasteiger partial charge in [0.2, 0.25) is 0 Å². The summed E-state index contributed by atoms with van der Waals surface area (Å²) in [4.78, 5) is 15.9. The highest BCUT2D eigenvalue weighted by molar-refractivity contribution is 9.10. The van der Waals surface area contributed by atoms with Crippen LogP contribution >= 0.6 is 15.9 Å². The van der Waals surface area contributed by atoms with Crippen LogP contribution in [0.4, 0.5) is 0 Å². The van der Waals surface area contributed by atoms with Crippen LogP contribution in [0.2, 0.25) is 0 Å². The van der Waals surface area contributed by atoms with Gasteiger partial charge in [0.05, 0.1) is 7.11 Å². The molecule has 0 fully saturated rings. The molecule has 0 N–H and O–H groups in total. The summed E-state index contributed by atoms with van der Waals surface area (Å²) in [6.07, 6.45) is 2.94. The average Bonchev–Trinajstić information content (AvgIpc) is 2.59. The maximum Gasteiger partial charge on any atom is 0.269 e. The normalized spacial score (nSPS) is 10.8. The first-order valence-corrected chi connectivity index (χ1v) is 4.68. The predicted octanol–water partition coefficient (Wildman–Crippen LogP) is 2.08. The Balaban J connectivity index is 2.60. The number of carbonyl (C=O) groups excluding carboxylic acids is 1. The lowest BCUT2D eigenvalue weighted by Gasteiger charge is -2.09. The molecule has 1 aromatic rings. The van der Waals surface area contributed by atoms with Gasteiger partial charge in [0.15, 0.2) is 4.67 Å². The Morgan fingerprint density at radius 1 is 1.64 bits per heavy atom. The minimum absolute atomic E-state index is 0.250. The molecule has 5 heteroatoms. The number of furan rings is 1. The fourth-order valence-electron chi connectivity index (χ4n) is 0.766. The standard InChI is InChI=1S/C9H10BrNO3/c1-11(13-2)9(12)6-4-7-3-5-8(10)14-7/h3-6H,1-2H3. The zero-order chi connectivity index (χ0) is 10.6. The Kier molecular flexibility index (Phi) is 3.91. The van der Waals surface area contributed by atoms with Gasteiger partial charge < -0.3 is 4.42 Å². The van der Waals surface area contributed by atoms with Gasteiger partial charge in [-0.2, -0.15) is 0 Å². The molecule has 0 atom stereocenters. The van der Waals surface area contributed by atoms with Crippen LogP contribution in [0.1, 0.15) is 5.76 Å². The van der Waals surface area contributed by atoms with Crippen LogP contribution in [-0.2, 0) is 9.63 Å². The van der Waals surface area contributed by atoms with Gasteiger partial charge in [-0.3, -0.25) is 9.63 Å². The second-order valence-electron chi connectivity index (χ2n) is 2.49. The van der Waals surface area contributed by atoms with E-state index in [4.69, 9.17) is 9.25 Å². The van der Waals surface area contributed by atoms with Gasteiger partial charge in [-0.25, -0.2) is 5.06 Å². The van der Waals surface area contributed by atoms with E-state index in [-0.39, 0.29) is 5.91 Å². The van der Waals surface area contributed by atoms with E-state index in [9.17, 15) is 4.79 Å². The quantitative estimate of drug-likeness (QED) is 0.617. The smallest absolute Gasteiger partial charge is 0.269 e. The third-order valence-electron chi connectivity index (χ3n) is 1.57. The number of hydroxylamine groups is 2. The number of nitrogens with zero attached hydrogens (tertiary/aromatic N) is 1. The fraction of sp³-hybridized carbons (Fsp3) is 0.222. The SMILES string of the molecule is CON(C)C(=O)C=Cc1ccc(Br)o1. The van der Waals surface area contributed by atoms with E-state index in [2.05, 4.69) is 15.9 Å². The summed E-state index contributed by atoms with van der Waals surface area (Å²) in [7, 11) is 2.96. The molecule has 0 saturated heterocycles. The van der Waals surface area contributed by atoms with Crippen molar-refractivity contribution in [2.75, 3.05) is 14.2 Å². The molecule has 0 aromatic carbocycles. The van der Waals surface area contributed by atoms with Gasteiger partial charge >= 0.3 is 0 Å². The molecule has 0 unspecified atom stereocenters. The first kappa shape index (κ1) is 11.0. The highest BCUT2D eigenvalue weighted by Gasteiger charge is 2.02. The maximum atomic E-state index is 11.2. The van der Waals surface area contributed by atoms with Gasteiger partial charge in [-0.15, -0.1) is 0 Å². The monoisotopic (exact) mass is 259 g/mol. The molecule has 0 aliphatic rings. The van der Waals surface area contributed by atoms with Crippen molar-refractivity contribution in [3.8, 4) is 0 Å². The lowest BCUT2D eigenvalue weighted by atomic mass is 10.4. The molecule has 76 valence electrons. The van der Waals surface area contributed by atoms with Crippen LogP contribution in [-0.4, -0.2) is 25.1 Å². The van der Waals surface area contributed by atoms with Crippen LogP contribution in [0.3, 0.4) is 0 Å². The third kappa shape index (κ3) is 3.01. The molecule has 14 heavy (non-hydrogen) atoms. The van der Waals surface area contributed by atoms with E-state index in [1.165, 1.54) is 20.2 Å². The van der Waals surface area contributed by atoms with Crippen molar-refractivity contribution >= 4 is 27.9 Å². The molecule has 1 amide bonds. The summed E-state index contributed by atoms with van der Waals surface area (Å²) >= 11 is 3.16. The molecule has 0 saturated carbocycles. The van der Waals surface area contributed by atoms with E-state index in [0.717, 1.165) is 5.06 Å². The number of rotatable bonds is 3. The van der Waals surface area contributed by atoms with Gasteiger partial charge in [-0.05, 0) is 34.1 Å². The highest BCUT2D eigenvalue weighted by atomic mass is 79.9. The van der Waals surface area contributed by atoms with Crippen LogP contribution in [0.5, 0.6) is 0 Å². The number of amides is 1. The molecule has 4 nitrogen and oxygen atoms in total. The lowest BCUT2D eigenvalue weighted by molar-refractivity contribution is -0.162. The molecular formula is C9H10BrNO3. The maximum absolute atomic E-state index is 11.2. The Morgan fingerprint density at radius 3 is 2.86 bits per heavy atom. The molecule has 1 aromatic heterocycles. The topological polar surface area (TPSA) is 42.7 Å². The third-order valence-corrected chi connectivity index (χ3v) is 1.99. The van der Waals surface area contributed by atoms with Crippen molar-refractivity contribution in [1.29, 1.82) is 0 Å². The molecule has 0 bridgehead atoms. The summed E-state index contributed by atoms with van der Waals surface area (Å²) in [6, 6.07) is 3.50. The van der Waals surface area contributed by atoms with Crippen molar-refractivity contribution in [3.05, 3.63) is 28.6 Å². The summed E-state index contributed by atoms with van der Waals surface area (Å²) in [5.74, 6) is 0.356. The summed E-state index contributed by atoms with van der Waals surface area (Å²) in [5.41, 5.74) is 0. The van der Waals surface area contributed by atoms with Crippen molar-refractivity contribution in [2.24, 2.45) is 0 Å². The number of likely N-dealkylation sites (N-methyl/N-ethyl adjacent to an activating group) is 1. The number of carbonyl (C=O) groups is 1.